The number of halogens is 1. The van der Waals surface area contributed by atoms with Gasteiger partial charge in [0.1, 0.15) is 0 Å². The molecule has 3 aromatic carbocycles. The lowest BCUT2D eigenvalue weighted by atomic mass is 10.0. The van der Waals surface area contributed by atoms with Crippen LogP contribution in [0.1, 0.15) is 0 Å². The molecule has 0 saturated carbocycles. The molecule has 0 fully saturated rings. The Balaban J connectivity index is 1.74. The second-order valence-corrected chi connectivity index (χ2v) is 5.64. The van der Waals surface area contributed by atoms with Gasteiger partial charge in [-0.1, -0.05) is 30.3 Å². The van der Waals surface area contributed by atoms with Crippen LogP contribution in [0.15, 0.2) is 54.6 Å². The van der Waals surface area contributed by atoms with E-state index >= 15 is 0 Å². The molecule has 0 saturated heterocycles. The maximum absolute atomic E-state index is 5.87. The molecule has 0 aliphatic rings. The fourth-order valence-electron chi connectivity index (χ4n) is 2.63. The first-order chi connectivity index (χ1) is 11.7. The lowest BCUT2D eigenvalue weighted by Crippen LogP contribution is -2.01. The van der Waals surface area contributed by atoms with Gasteiger partial charge in [-0.15, -0.1) is 0 Å². The molecule has 0 bridgehead atoms. The third-order valence-electron chi connectivity index (χ3n) is 3.73. The number of hydrogen-bond acceptors (Lipinski definition) is 5. The van der Waals surface area contributed by atoms with Crippen molar-refractivity contribution in [1.82, 2.24) is 15.0 Å². The minimum Gasteiger partial charge on any atom is -0.467 e. The molecule has 0 radical (unpaired) electrons. The van der Waals surface area contributed by atoms with Crippen molar-refractivity contribution in [3.05, 3.63) is 59.9 Å². The van der Waals surface area contributed by atoms with E-state index in [0.29, 0.717) is 5.95 Å². The number of nitrogens with zero attached hydrogens (tertiary/aromatic N) is 3. The van der Waals surface area contributed by atoms with E-state index in [4.69, 9.17) is 16.3 Å². The van der Waals surface area contributed by atoms with Crippen molar-refractivity contribution in [2.45, 2.75) is 0 Å². The molecule has 1 N–H and O–H groups in total. The molecule has 24 heavy (non-hydrogen) atoms. The maximum Gasteiger partial charge on any atom is 0.322 e. The van der Waals surface area contributed by atoms with Crippen molar-refractivity contribution < 1.29 is 4.74 Å². The molecule has 4 rings (SSSR count). The Labute approximate surface area is 143 Å². The van der Waals surface area contributed by atoms with Crippen LogP contribution < -0.4 is 10.1 Å². The van der Waals surface area contributed by atoms with Gasteiger partial charge in [-0.2, -0.15) is 15.0 Å². The molecular weight excluding hydrogens is 324 g/mol. The normalized spacial score (nSPS) is 10.9. The predicted molar refractivity (Wildman–Crippen MR) is 96.1 cm³/mol. The summed E-state index contributed by atoms with van der Waals surface area (Å²) in [5, 5.41) is 7.94. The van der Waals surface area contributed by atoms with Gasteiger partial charge >= 0.3 is 6.01 Å². The number of benzene rings is 3. The molecule has 0 unspecified atom stereocenters. The van der Waals surface area contributed by atoms with Crippen LogP contribution in [0.4, 0.5) is 11.6 Å². The molecule has 118 valence electrons. The fraction of sp³-hybridized carbons (Fsp3) is 0.0556. The molecule has 4 aromatic rings. The topological polar surface area (TPSA) is 59.9 Å². The van der Waals surface area contributed by atoms with Gasteiger partial charge in [0.05, 0.1) is 7.11 Å². The van der Waals surface area contributed by atoms with Crippen LogP contribution in [0, 0.1) is 0 Å². The van der Waals surface area contributed by atoms with Crippen molar-refractivity contribution >= 4 is 44.8 Å². The first-order valence-electron chi connectivity index (χ1n) is 7.36. The minimum absolute atomic E-state index is 0.0798. The summed E-state index contributed by atoms with van der Waals surface area (Å²) in [6.45, 7) is 0. The molecule has 0 aliphatic carbocycles. The number of ether oxygens (including phenoxy) is 1. The number of aromatic nitrogens is 3. The van der Waals surface area contributed by atoms with Gasteiger partial charge in [0, 0.05) is 5.69 Å². The van der Waals surface area contributed by atoms with E-state index in [1.54, 1.807) is 0 Å². The quantitative estimate of drug-likeness (QED) is 0.555. The second kappa shape index (κ2) is 5.94. The Morgan fingerprint density at radius 2 is 1.54 bits per heavy atom. The zero-order valence-corrected chi connectivity index (χ0v) is 13.6. The maximum atomic E-state index is 5.87. The molecule has 1 heterocycles. The van der Waals surface area contributed by atoms with Crippen LogP contribution in [0.3, 0.4) is 0 Å². The lowest BCUT2D eigenvalue weighted by molar-refractivity contribution is 0.379. The van der Waals surface area contributed by atoms with Gasteiger partial charge in [0.15, 0.2) is 0 Å². The predicted octanol–water partition coefficient (Wildman–Crippen LogP) is 4.58. The van der Waals surface area contributed by atoms with E-state index in [-0.39, 0.29) is 11.3 Å². The van der Waals surface area contributed by atoms with Gasteiger partial charge in [-0.05, 0) is 57.4 Å². The van der Waals surface area contributed by atoms with E-state index in [1.807, 2.05) is 24.3 Å². The number of rotatable bonds is 3. The van der Waals surface area contributed by atoms with Crippen LogP contribution in [0.5, 0.6) is 6.01 Å². The summed E-state index contributed by atoms with van der Waals surface area (Å²) >= 11 is 5.87. The molecular formula is C18H13ClN4O. The van der Waals surface area contributed by atoms with Gasteiger partial charge in [0.2, 0.25) is 11.2 Å². The van der Waals surface area contributed by atoms with Gasteiger partial charge in [0.25, 0.3) is 0 Å². The molecule has 0 aliphatic heterocycles. The Morgan fingerprint density at radius 3 is 2.29 bits per heavy atom. The standard InChI is InChI=1S/C18H13ClN4O/c1-24-18-22-16(19)21-17(23-18)20-15-7-6-13-8-11-4-2-3-5-12(11)9-14(13)10-15/h2-10H,1H3,(H,20,21,22,23). The minimum atomic E-state index is 0.0798. The SMILES string of the molecule is COc1nc(Cl)nc(Nc2ccc3cc4ccccc4cc3c2)n1. The second-order valence-electron chi connectivity index (χ2n) is 5.30. The number of nitrogens with one attached hydrogen (secondary N) is 1. The Hall–Kier alpha value is -2.92. The highest BCUT2D eigenvalue weighted by molar-refractivity contribution is 6.28. The first-order valence-corrected chi connectivity index (χ1v) is 7.74. The van der Waals surface area contributed by atoms with Gasteiger partial charge < -0.3 is 10.1 Å². The molecule has 0 amide bonds. The number of anilines is 2. The van der Waals surface area contributed by atoms with E-state index in [0.717, 1.165) is 11.1 Å². The first kappa shape index (κ1) is 14.7. The zero-order chi connectivity index (χ0) is 16.5. The van der Waals surface area contributed by atoms with E-state index in [2.05, 4.69) is 50.6 Å². The molecule has 1 aromatic heterocycles. The highest BCUT2D eigenvalue weighted by Crippen LogP contribution is 2.26. The Bertz CT molecular complexity index is 1050. The van der Waals surface area contributed by atoms with Crippen LogP contribution >= 0.6 is 11.6 Å². The number of hydrogen-bond donors (Lipinski definition) is 1. The van der Waals surface area contributed by atoms with Gasteiger partial charge in [-0.3, -0.25) is 0 Å². The smallest absolute Gasteiger partial charge is 0.322 e. The van der Waals surface area contributed by atoms with Crippen LogP contribution in [0.2, 0.25) is 5.28 Å². The summed E-state index contributed by atoms with van der Waals surface area (Å²) in [5.74, 6) is 0.340. The van der Waals surface area contributed by atoms with Crippen LogP contribution in [-0.4, -0.2) is 22.1 Å². The Morgan fingerprint density at radius 1 is 0.833 bits per heavy atom. The summed E-state index contributed by atoms with van der Waals surface area (Å²) in [7, 11) is 1.48. The average Bonchev–Trinajstić information content (AvgIpc) is 2.59. The Kier molecular flexibility index (Phi) is 3.63. The lowest BCUT2D eigenvalue weighted by Gasteiger charge is -2.08. The van der Waals surface area contributed by atoms with Crippen molar-refractivity contribution in [1.29, 1.82) is 0 Å². The fourth-order valence-corrected chi connectivity index (χ4v) is 2.78. The van der Waals surface area contributed by atoms with Crippen molar-refractivity contribution in [3.8, 4) is 6.01 Å². The molecule has 0 atom stereocenters. The van der Waals surface area contributed by atoms with E-state index < -0.39 is 0 Å². The average molecular weight is 337 g/mol. The number of fused-ring (bicyclic) bond motifs is 2. The zero-order valence-electron chi connectivity index (χ0n) is 12.8. The number of methoxy groups -OCH3 is 1. The highest BCUT2D eigenvalue weighted by atomic mass is 35.5. The summed E-state index contributed by atoms with van der Waals surface area (Å²) in [6, 6.07) is 18.9. The van der Waals surface area contributed by atoms with Crippen molar-refractivity contribution in [2.24, 2.45) is 0 Å². The molecule has 0 spiro atoms. The van der Waals surface area contributed by atoms with Crippen molar-refractivity contribution in [2.75, 3.05) is 12.4 Å². The largest absolute Gasteiger partial charge is 0.467 e. The van der Waals surface area contributed by atoms with Crippen LogP contribution in [-0.2, 0) is 0 Å². The third-order valence-corrected chi connectivity index (χ3v) is 3.90. The molecule has 6 heteroatoms. The van der Waals surface area contributed by atoms with E-state index in [1.165, 1.54) is 23.3 Å². The third kappa shape index (κ3) is 2.81. The van der Waals surface area contributed by atoms with E-state index in [9.17, 15) is 0 Å². The van der Waals surface area contributed by atoms with Gasteiger partial charge in [-0.25, -0.2) is 0 Å². The monoisotopic (exact) mass is 336 g/mol. The summed E-state index contributed by atoms with van der Waals surface area (Å²) in [6.07, 6.45) is 0. The summed E-state index contributed by atoms with van der Waals surface area (Å²) in [4.78, 5) is 12.1. The highest BCUT2D eigenvalue weighted by Gasteiger charge is 2.06. The van der Waals surface area contributed by atoms with Crippen molar-refractivity contribution in [3.63, 3.8) is 0 Å². The summed E-state index contributed by atoms with van der Waals surface area (Å²) < 4.78 is 5.01. The van der Waals surface area contributed by atoms with Crippen LogP contribution in [0.25, 0.3) is 21.5 Å². The summed E-state index contributed by atoms with van der Waals surface area (Å²) in [5.41, 5.74) is 0.863. The molecule has 5 nitrogen and oxygen atoms in total.